The molecule has 0 atom stereocenters. The van der Waals surface area contributed by atoms with Crippen LogP contribution in [0, 0.1) is 6.07 Å². The van der Waals surface area contributed by atoms with Crippen LogP contribution in [0.25, 0.3) is 33.8 Å². The van der Waals surface area contributed by atoms with E-state index < -0.39 is 22.1 Å². The SMILES string of the molecule is CCC[Si](CCC)c1ccc[c]2c1-c1nc(-c3[c-]c(-c4ccccn4)ccc3)cc[c]1[Ge]2([CH2]CC)[CH2]CC.[Ni]. The fourth-order valence-electron chi connectivity index (χ4n) is 6.64. The van der Waals surface area contributed by atoms with Gasteiger partial charge >= 0.3 is 235 Å². The van der Waals surface area contributed by atoms with Crippen molar-refractivity contribution in [1.82, 2.24) is 9.97 Å². The van der Waals surface area contributed by atoms with Crippen LogP contribution in [0.3, 0.4) is 0 Å². The molecule has 0 spiro atoms. The number of hydrogen-bond donors (Lipinski definition) is 0. The summed E-state index contributed by atoms with van der Waals surface area (Å²) in [5.74, 6) is 0. The minimum Gasteiger partial charge on any atom is 0 e. The zero-order chi connectivity index (χ0) is 26.5. The average molecular weight is 636 g/mol. The van der Waals surface area contributed by atoms with Crippen molar-refractivity contribution in [1.29, 1.82) is 0 Å². The molecular weight excluding hydrogens is 596 g/mol. The third-order valence-electron chi connectivity index (χ3n) is 8.08. The number of pyridine rings is 2. The molecule has 39 heavy (non-hydrogen) atoms. The van der Waals surface area contributed by atoms with Crippen LogP contribution in [0.4, 0.5) is 0 Å². The maximum absolute atomic E-state index is 5.53. The van der Waals surface area contributed by atoms with Crippen molar-refractivity contribution in [3.8, 4) is 33.8 Å². The molecule has 1 aliphatic rings. The monoisotopic (exact) mass is 636 g/mol. The molecule has 0 N–H and O–H groups in total. The van der Waals surface area contributed by atoms with Crippen molar-refractivity contribution in [3.63, 3.8) is 0 Å². The molecule has 0 saturated carbocycles. The van der Waals surface area contributed by atoms with E-state index in [0.717, 1.165) is 22.5 Å². The van der Waals surface area contributed by atoms with Crippen LogP contribution in [0.5, 0.6) is 0 Å². The van der Waals surface area contributed by atoms with E-state index in [0.29, 0.717) is 0 Å². The molecule has 1 aliphatic heterocycles. The summed E-state index contributed by atoms with van der Waals surface area (Å²) >= 11 is -2.52. The van der Waals surface area contributed by atoms with Crippen LogP contribution in [0.15, 0.2) is 72.9 Å². The van der Waals surface area contributed by atoms with Gasteiger partial charge in [0.1, 0.15) is 0 Å². The quantitative estimate of drug-likeness (QED) is 0.126. The normalized spacial score (nSPS) is 13.2. The second-order valence-corrected chi connectivity index (χ2v) is 22.3. The number of fused-ring (bicyclic) bond motifs is 3. The van der Waals surface area contributed by atoms with E-state index in [-0.39, 0.29) is 16.5 Å². The maximum Gasteiger partial charge on any atom is 0 e. The summed E-state index contributed by atoms with van der Waals surface area (Å²) in [6.45, 7) is 9.48. The van der Waals surface area contributed by atoms with E-state index in [1.165, 1.54) is 54.0 Å². The second-order valence-electron chi connectivity index (χ2n) is 10.7. The third-order valence-corrected chi connectivity index (χ3v) is 23.2. The van der Waals surface area contributed by atoms with Crippen molar-refractivity contribution in [2.75, 3.05) is 0 Å². The standard InChI is InChI=1S/C34H40GeN2Si.Ni/c1-5-20-35(21-6-2)28-15-12-17-32(38(23-7-3)24-8-4)33(28)34-29(35)18-19-31(37-34)27-14-11-13-26(25-27)30-16-9-10-22-36-30;/h9-19,22H,5-8,20-21,23-24H2,1-4H3;/q-1;. The van der Waals surface area contributed by atoms with E-state index in [1.807, 2.05) is 18.3 Å². The first-order valence-corrected chi connectivity index (χ1v) is 21.6. The Morgan fingerprint density at radius 1 is 0.692 bits per heavy atom. The Hall–Kier alpha value is -2.01. The van der Waals surface area contributed by atoms with Gasteiger partial charge in [-0.15, -0.1) is 0 Å². The molecule has 205 valence electrons. The first kappa shape index (κ1) is 30.0. The Kier molecular flexibility index (Phi) is 10.4. The number of benzene rings is 2. The Morgan fingerprint density at radius 3 is 2.03 bits per heavy atom. The van der Waals surface area contributed by atoms with Gasteiger partial charge < -0.3 is 0 Å². The molecule has 2 nitrogen and oxygen atoms in total. The second kappa shape index (κ2) is 13.6. The summed E-state index contributed by atoms with van der Waals surface area (Å²) in [5, 5.41) is 4.39. The summed E-state index contributed by atoms with van der Waals surface area (Å²) in [6.07, 6.45) is 6.90. The van der Waals surface area contributed by atoms with E-state index in [1.54, 1.807) is 19.5 Å². The van der Waals surface area contributed by atoms with Crippen molar-refractivity contribution >= 4 is 36.0 Å². The molecule has 0 amide bonds. The Bertz CT molecular complexity index is 1380. The van der Waals surface area contributed by atoms with Crippen molar-refractivity contribution < 1.29 is 16.5 Å². The van der Waals surface area contributed by atoms with Gasteiger partial charge in [-0.2, -0.15) is 0 Å². The smallest absolute Gasteiger partial charge is 0 e. The van der Waals surface area contributed by atoms with Gasteiger partial charge in [0, 0.05) is 16.5 Å². The van der Waals surface area contributed by atoms with Crippen LogP contribution < -0.4 is 14.0 Å². The molecule has 0 unspecified atom stereocenters. The summed E-state index contributed by atoms with van der Waals surface area (Å²) in [5.41, 5.74) is 6.94. The summed E-state index contributed by atoms with van der Waals surface area (Å²) in [4.78, 5) is 10.1. The predicted octanol–water partition coefficient (Wildman–Crippen LogP) is 7.49. The summed E-state index contributed by atoms with van der Waals surface area (Å²) < 4.78 is 3.36. The third kappa shape index (κ3) is 5.76. The van der Waals surface area contributed by atoms with Gasteiger partial charge in [-0.25, -0.2) is 0 Å². The summed E-state index contributed by atoms with van der Waals surface area (Å²) in [7, 11) is -0.614. The Morgan fingerprint density at radius 2 is 1.38 bits per heavy atom. The molecule has 5 rings (SSSR count). The largest absolute Gasteiger partial charge is 0 e. The first-order valence-electron chi connectivity index (χ1n) is 14.6. The van der Waals surface area contributed by atoms with Crippen LogP contribution in [-0.2, 0) is 16.5 Å². The Labute approximate surface area is 250 Å². The molecule has 3 heterocycles. The first-order chi connectivity index (χ1) is 18.7. The van der Waals surface area contributed by atoms with Gasteiger partial charge in [0.25, 0.3) is 0 Å². The number of aromatic nitrogens is 2. The molecule has 0 bridgehead atoms. The molecule has 0 saturated heterocycles. The molecule has 5 heteroatoms. The van der Waals surface area contributed by atoms with Crippen LogP contribution in [0.1, 0.15) is 53.4 Å². The molecular formula is C34H40GeN2NiSi-. The van der Waals surface area contributed by atoms with Crippen LogP contribution in [-0.4, -0.2) is 32.0 Å². The van der Waals surface area contributed by atoms with E-state index >= 15 is 0 Å². The maximum atomic E-state index is 5.53. The molecule has 2 aromatic heterocycles. The van der Waals surface area contributed by atoms with Gasteiger partial charge in [0.15, 0.2) is 0 Å². The van der Waals surface area contributed by atoms with Gasteiger partial charge in [-0.3, -0.25) is 0 Å². The van der Waals surface area contributed by atoms with Crippen molar-refractivity contribution in [2.45, 2.75) is 76.0 Å². The molecule has 0 aliphatic carbocycles. The van der Waals surface area contributed by atoms with E-state index in [4.69, 9.17) is 4.98 Å². The average Bonchev–Trinajstić information content (AvgIpc) is 3.23. The Balaban J connectivity index is 0.00000353. The topological polar surface area (TPSA) is 25.8 Å². The zero-order valence-electron chi connectivity index (χ0n) is 23.8. The van der Waals surface area contributed by atoms with Gasteiger partial charge in [0.05, 0.1) is 0 Å². The zero-order valence-corrected chi connectivity index (χ0v) is 27.9. The summed E-state index contributed by atoms with van der Waals surface area (Å²) in [6, 6.07) is 30.9. The molecule has 2 aromatic carbocycles. The number of rotatable bonds is 11. The number of hydrogen-bond acceptors (Lipinski definition) is 2. The molecule has 4 aromatic rings. The van der Waals surface area contributed by atoms with Crippen LogP contribution in [0.2, 0.25) is 22.6 Å². The predicted molar refractivity (Wildman–Crippen MR) is 168 cm³/mol. The fourth-order valence-corrected chi connectivity index (χ4v) is 21.4. The van der Waals surface area contributed by atoms with Gasteiger partial charge in [0.2, 0.25) is 0 Å². The van der Waals surface area contributed by atoms with E-state index in [9.17, 15) is 0 Å². The van der Waals surface area contributed by atoms with Gasteiger partial charge in [-0.05, 0) is 0 Å². The molecule has 1 radical (unpaired) electrons. The van der Waals surface area contributed by atoms with Crippen molar-refractivity contribution in [2.24, 2.45) is 0 Å². The van der Waals surface area contributed by atoms with Crippen molar-refractivity contribution in [3.05, 3.63) is 79.0 Å². The van der Waals surface area contributed by atoms with E-state index in [2.05, 4.69) is 93.3 Å². The van der Waals surface area contributed by atoms with Crippen LogP contribution >= 0.6 is 0 Å². The fraction of sp³-hybridized carbons (Fsp3) is 0.353. The minimum absolute atomic E-state index is 0. The molecule has 0 fully saturated rings. The minimum atomic E-state index is -2.52. The number of nitrogens with zero attached hydrogens (tertiary/aromatic N) is 2. The van der Waals surface area contributed by atoms with Gasteiger partial charge in [-0.1, -0.05) is 0 Å².